The van der Waals surface area contributed by atoms with E-state index in [-0.39, 0.29) is 38.8 Å². The van der Waals surface area contributed by atoms with E-state index in [0.29, 0.717) is 0 Å². The van der Waals surface area contributed by atoms with Gasteiger partial charge in [-0.25, -0.2) is 9.78 Å². The Balaban J connectivity index is 1.86. The number of fused-ring (bicyclic) bond motifs is 1. The van der Waals surface area contributed by atoms with E-state index >= 15 is 0 Å². The van der Waals surface area contributed by atoms with Crippen LogP contribution in [0.3, 0.4) is 0 Å². The number of carbonyl (C=O) groups excluding carboxylic acids is 2. The highest BCUT2D eigenvalue weighted by molar-refractivity contribution is 7.89. The number of nitrogen functional groups attached to an aromatic ring is 1. The number of carboxylic acid groups (broad SMARTS) is 1. The minimum atomic E-state index is -1.58. The topological polar surface area (TPSA) is 164 Å². The van der Waals surface area contributed by atoms with Gasteiger partial charge in [-0.3, -0.25) is 18.7 Å². The molecule has 11 nitrogen and oxygen atoms in total. The van der Waals surface area contributed by atoms with Gasteiger partial charge < -0.3 is 21.0 Å². The lowest BCUT2D eigenvalue weighted by Gasteiger charge is -2.50. The van der Waals surface area contributed by atoms with Crippen molar-refractivity contribution in [1.29, 1.82) is 0 Å². The van der Waals surface area contributed by atoms with E-state index < -0.39 is 40.7 Å². The van der Waals surface area contributed by atoms with Crippen molar-refractivity contribution in [2.24, 2.45) is 11.1 Å². The number of aromatic nitrogens is 1. The van der Waals surface area contributed by atoms with Crippen LogP contribution in [0, 0.1) is 5.92 Å². The summed E-state index contributed by atoms with van der Waals surface area (Å²) in [6.07, 6.45) is 0. The van der Waals surface area contributed by atoms with Crippen LogP contribution in [0.2, 0.25) is 0 Å². The van der Waals surface area contributed by atoms with E-state index in [4.69, 9.17) is 5.73 Å². The molecule has 0 aromatic carbocycles. The fraction of sp³-hybridized carbons (Fsp3) is 0.438. The number of β-lactam (4-membered cyclic amide) rings is 1. The van der Waals surface area contributed by atoms with Gasteiger partial charge in [-0.15, -0.1) is 11.3 Å². The molecule has 1 fully saturated rings. The number of nitrogens with one attached hydrogen (secondary N) is 1. The summed E-state index contributed by atoms with van der Waals surface area (Å²) in [5, 5.41) is 17.5. The molecule has 2 aliphatic rings. The van der Waals surface area contributed by atoms with Crippen LogP contribution in [0.4, 0.5) is 5.13 Å². The first-order chi connectivity index (χ1) is 13.7. The molecular weight excluding hydrogens is 422 g/mol. The van der Waals surface area contributed by atoms with Crippen molar-refractivity contribution < 1.29 is 28.5 Å². The highest BCUT2D eigenvalue weighted by Gasteiger charge is 2.55. The van der Waals surface area contributed by atoms with Crippen molar-refractivity contribution in [3.8, 4) is 0 Å². The van der Waals surface area contributed by atoms with Crippen molar-refractivity contribution in [3.05, 3.63) is 21.7 Å². The van der Waals surface area contributed by atoms with Gasteiger partial charge in [-0.05, 0) is 5.92 Å². The molecule has 3 unspecified atom stereocenters. The van der Waals surface area contributed by atoms with Crippen molar-refractivity contribution in [2.75, 3.05) is 18.6 Å². The fourth-order valence-electron chi connectivity index (χ4n) is 3.27. The number of rotatable bonds is 6. The third-order valence-corrected chi connectivity index (χ3v) is 6.91. The summed E-state index contributed by atoms with van der Waals surface area (Å²) < 4.78 is 12.6. The number of anilines is 1. The molecule has 2 amide bonds. The molecule has 3 atom stereocenters. The number of allylic oxidation sites excluding steroid dienone is 1. The number of hydrogen-bond donors (Lipinski definition) is 3. The predicted octanol–water partition coefficient (Wildman–Crippen LogP) is -0.514. The molecule has 0 saturated carbocycles. The van der Waals surface area contributed by atoms with Gasteiger partial charge in [0, 0.05) is 5.38 Å². The molecule has 3 heterocycles. The summed E-state index contributed by atoms with van der Waals surface area (Å²) in [7, 11) is -0.333. The zero-order valence-electron chi connectivity index (χ0n) is 15.7. The average molecular weight is 441 g/mol. The maximum atomic E-state index is 12.7. The van der Waals surface area contributed by atoms with Crippen LogP contribution < -0.4 is 11.1 Å². The van der Waals surface area contributed by atoms with E-state index in [0.717, 1.165) is 16.2 Å². The van der Waals surface area contributed by atoms with Gasteiger partial charge >= 0.3 is 5.97 Å². The van der Waals surface area contributed by atoms with E-state index in [9.17, 15) is 23.7 Å². The first kappa shape index (κ1) is 20.9. The fourth-order valence-corrected chi connectivity index (χ4v) is 5.57. The number of hydrogen-bond acceptors (Lipinski definition) is 9. The van der Waals surface area contributed by atoms with E-state index in [1.807, 2.05) is 0 Å². The summed E-state index contributed by atoms with van der Waals surface area (Å²) in [5.41, 5.74) is 5.30. The number of nitrogens with zero attached hydrogens (tertiary/aromatic N) is 3. The molecule has 156 valence electrons. The van der Waals surface area contributed by atoms with Gasteiger partial charge in [-0.2, -0.15) is 0 Å². The molecule has 0 spiro atoms. The number of amides is 2. The molecule has 4 N–H and O–H groups in total. The van der Waals surface area contributed by atoms with E-state index in [1.165, 1.54) is 12.5 Å². The minimum absolute atomic E-state index is 0.0291. The molecule has 0 aliphatic carbocycles. The van der Waals surface area contributed by atoms with Crippen LogP contribution in [0.25, 0.3) is 0 Å². The maximum absolute atomic E-state index is 12.7. The first-order valence-corrected chi connectivity index (χ1v) is 10.7. The SMILES string of the molecule is CON=C(C(=O)NC1C(=O)N2C(C(=O)O)=C(C(C)C)S(=O)CC12)c1csc(N)n1. The molecule has 1 aromatic rings. The molecule has 1 saturated heterocycles. The molecule has 3 rings (SSSR count). The summed E-state index contributed by atoms with van der Waals surface area (Å²) in [6.45, 7) is 3.43. The Labute approximate surface area is 172 Å². The van der Waals surface area contributed by atoms with Crippen molar-refractivity contribution in [2.45, 2.75) is 25.9 Å². The van der Waals surface area contributed by atoms with Crippen LogP contribution in [-0.2, 0) is 30.0 Å². The summed E-state index contributed by atoms with van der Waals surface area (Å²) in [5.74, 6) is -2.94. The smallest absolute Gasteiger partial charge is 0.353 e. The zero-order valence-corrected chi connectivity index (χ0v) is 17.4. The highest BCUT2D eigenvalue weighted by Crippen LogP contribution is 2.36. The number of carbonyl (C=O) groups is 3. The van der Waals surface area contributed by atoms with Crippen LogP contribution in [-0.4, -0.2) is 67.6 Å². The maximum Gasteiger partial charge on any atom is 0.353 e. The Kier molecular flexibility index (Phi) is 5.71. The van der Waals surface area contributed by atoms with Crippen LogP contribution in [0.1, 0.15) is 19.5 Å². The predicted molar refractivity (Wildman–Crippen MR) is 105 cm³/mol. The Bertz CT molecular complexity index is 969. The van der Waals surface area contributed by atoms with E-state index in [2.05, 4.69) is 20.3 Å². The first-order valence-electron chi connectivity index (χ1n) is 8.49. The zero-order chi connectivity index (χ0) is 21.5. The third-order valence-electron chi connectivity index (χ3n) is 4.44. The Hall–Kier alpha value is -2.80. The van der Waals surface area contributed by atoms with Crippen LogP contribution in [0.15, 0.2) is 21.1 Å². The Morgan fingerprint density at radius 2 is 2.21 bits per heavy atom. The lowest BCUT2D eigenvalue weighted by atomic mass is 9.93. The molecule has 0 radical (unpaired) electrons. The van der Waals surface area contributed by atoms with Crippen molar-refractivity contribution >= 4 is 50.8 Å². The van der Waals surface area contributed by atoms with Crippen molar-refractivity contribution in [3.63, 3.8) is 0 Å². The second-order valence-electron chi connectivity index (χ2n) is 6.61. The Morgan fingerprint density at radius 3 is 2.72 bits per heavy atom. The average Bonchev–Trinajstić information content (AvgIpc) is 3.08. The highest BCUT2D eigenvalue weighted by atomic mass is 32.2. The number of carboxylic acids is 1. The van der Waals surface area contributed by atoms with Crippen LogP contribution in [0.5, 0.6) is 0 Å². The van der Waals surface area contributed by atoms with Gasteiger partial charge in [0.1, 0.15) is 24.5 Å². The quantitative estimate of drug-likeness (QED) is 0.302. The second kappa shape index (κ2) is 7.91. The minimum Gasteiger partial charge on any atom is -0.477 e. The molecule has 29 heavy (non-hydrogen) atoms. The van der Waals surface area contributed by atoms with Gasteiger partial charge in [0.05, 0.1) is 27.5 Å². The number of thiazole rings is 1. The molecular formula is C16H19N5O6S2. The lowest BCUT2D eigenvalue weighted by Crippen LogP contribution is -2.74. The molecule has 1 aromatic heterocycles. The summed E-state index contributed by atoms with van der Waals surface area (Å²) >= 11 is 1.10. The summed E-state index contributed by atoms with van der Waals surface area (Å²) in [4.78, 5) is 47.0. The lowest BCUT2D eigenvalue weighted by molar-refractivity contribution is -0.153. The number of aliphatic carboxylic acids is 1. The van der Waals surface area contributed by atoms with E-state index in [1.54, 1.807) is 13.8 Å². The summed E-state index contributed by atoms with van der Waals surface area (Å²) in [6, 6.07) is -1.77. The second-order valence-corrected chi connectivity index (χ2v) is 8.96. The molecule has 0 bridgehead atoms. The largest absolute Gasteiger partial charge is 0.477 e. The number of oxime groups is 1. The standard InChI is InChI=1S/C16H19N5O6S2/c1-6(2)12-11(15(24)25)21-8(5-29(12)26)10(14(21)23)19-13(22)9(20-27-3)7-4-28-16(17)18-7/h4,6,8,10H,5H2,1-3H3,(H2,17,18)(H,19,22)(H,24,25). The molecule has 13 heteroatoms. The van der Waals surface area contributed by atoms with Crippen molar-refractivity contribution in [1.82, 2.24) is 15.2 Å². The monoisotopic (exact) mass is 441 g/mol. The van der Waals surface area contributed by atoms with Gasteiger partial charge in [-0.1, -0.05) is 19.0 Å². The normalized spacial score (nSPS) is 24.3. The molecule has 2 aliphatic heterocycles. The Morgan fingerprint density at radius 1 is 1.52 bits per heavy atom. The van der Waals surface area contributed by atoms with Crippen LogP contribution >= 0.6 is 11.3 Å². The van der Waals surface area contributed by atoms with Gasteiger partial charge in [0.15, 0.2) is 10.8 Å². The third kappa shape index (κ3) is 3.62. The number of nitrogens with two attached hydrogens (primary N) is 1. The van der Waals surface area contributed by atoms with Gasteiger partial charge in [0.25, 0.3) is 11.8 Å². The van der Waals surface area contributed by atoms with Gasteiger partial charge in [0.2, 0.25) is 0 Å².